The molecule has 1 unspecified atom stereocenters. The van der Waals surface area contributed by atoms with Crippen molar-refractivity contribution in [1.29, 1.82) is 0 Å². The zero-order valence-electron chi connectivity index (χ0n) is 17.3. The van der Waals surface area contributed by atoms with Crippen LogP contribution in [0.25, 0.3) is 0 Å². The van der Waals surface area contributed by atoms with Crippen molar-refractivity contribution in [1.82, 2.24) is 5.32 Å². The largest absolute Gasteiger partial charge is 0.495 e. The number of nitrogen functional groups attached to an aromatic ring is 1. The molecule has 2 aromatic rings. The van der Waals surface area contributed by atoms with Crippen LogP contribution >= 0.6 is 0 Å². The van der Waals surface area contributed by atoms with Crippen LogP contribution in [0, 0.1) is 0 Å². The summed E-state index contributed by atoms with van der Waals surface area (Å²) in [4.78, 5) is 24.3. The van der Waals surface area contributed by atoms with Crippen molar-refractivity contribution in [2.24, 2.45) is 0 Å². The summed E-state index contributed by atoms with van der Waals surface area (Å²) in [5.41, 5.74) is 8.10. The number of hydrogen-bond donors (Lipinski definition) is 5. The molecule has 9 nitrogen and oxygen atoms in total. The monoisotopic (exact) mass is 416 g/mol. The number of aliphatic hydroxyl groups is 1. The van der Waals surface area contributed by atoms with Crippen molar-refractivity contribution in [3.8, 4) is 5.75 Å². The first-order valence-corrected chi connectivity index (χ1v) is 9.55. The molecule has 0 aliphatic rings. The van der Waals surface area contributed by atoms with E-state index in [1.54, 1.807) is 43.3 Å². The predicted octanol–water partition coefficient (Wildman–Crippen LogP) is 3.48. The first-order chi connectivity index (χ1) is 14.4. The Labute approximate surface area is 175 Å². The zero-order valence-corrected chi connectivity index (χ0v) is 17.3. The van der Waals surface area contributed by atoms with Gasteiger partial charge in [0.1, 0.15) is 11.9 Å². The molecule has 0 saturated carbocycles. The molecule has 3 amide bonds. The average Bonchev–Trinajstić information content (AvgIpc) is 2.73. The number of carbonyl (C=O) groups excluding carboxylic acids is 2. The molecule has 0 aliphatic carbocycles. The van der Waals surface area contributed by atoms with Gasteiger partial charge in [-0.1, -0.05) is 19.1 Å². The van der Waals surface area contributed by atoms with Gasteiger partial charge in [-0.2, -0.15) is 0 Å². The van der Waals surface area contributed by atoms with Gasteiger partial charge in [-0.25, -0.2) is 9.59 Å². The lowest BCUT2D eigenvalue weighted by Crippen LogP contribution is -2.32. The van der Waals surface area contributed by atoms with Gasteiger partial charge in [0.25, 0.3) is 0 Å². The van der Waals surface area contributed by atoms with Crippen molar-refractivity contribution in [2.75, 3.05) is 30.1 Å². The van der Waals surface area contributed by atoms with E-state index in [0.29, 0.717) is 29.2 Å². The number of benzene rings is 2. The van der Waals surface area contributed by atoms with Crippen molar-refractivity contribution in [3.63, 3.8) is 0 Å². The van der Waals surface area contributed by atoms with Crippen LogP contribution in [0.3, 0.4) is 0 Å². The fourth-order valence-electron chi connectivity index (χ4n) is 2.66. The highest BCUT2D eigenvalue weighted by atomic mass is 16.6. The Hall–Kier alpha value is -3.46. The number of carbonyl (C=O) groups is 2. The summed E-state index contributed by atoms with van der Waals surface area (Å²) in [5.74, 6) is 0.466. The summed E-state index contributed by atoms with van der Waals surface area (Å²) >= 11 is 0. The van der Waals surface area contributed by atoms with E-state index >= 15 is 0 Å². The van der Waals surface area contributed by atoms with Gasteiger partial charge in [0.15, 0.2) is 0 Å². The molecule has 9 heteroatoms. The maximum absolute atomic E-state index is 12.3. The summed E-state index contributed by atoms with van der Waals surface area (Å²) in [5, 5.41) is 17.3. The zero-order chi connectivity index (χ0) is 22.1. The molecule has 0 bridgehead atoms. The first kappa shape index (κ1) is 22.8. The molecule has 0 radical (unpaired) electrons. The van der Waals surface area contributed by atoms with Gasteiger partial charge in [-0.15, -0.1) is 0 Å². The lowest BCUT2D eigenvalue weighted by Gasteiger charge is -2.18. The highest BCUT2D eigenvalue weighted by Gasteiger charge is 2.15. The van der Waals surface area contributed by atoms with Crippen LogP contribution in [0.2, 0.25) is 0 Å². The normalized spacial score (nSPS) is 12.4. The van der Waals surface area contributed by atoms with Crippen LogP contribution < -0.4 is 26.4 Å². The third-order valence-corrected chi connectivity index (χ3v) is 4.40. The van der Waals surface area contributed by atoms with E-state index in [0.717, 1.165) is 5.56 Å². The van der Waals surface area contributed by atoms with Crippen molar-refractivity contribution < 1.29 is 24.2 Å². The molecule has 30 heavy (non-hydrogen) atoms. The molecule has 2 aromatic carbocycles. The number of alkyl carbamates (subject to hydrolysis) is 1. The van der Waals surface area contributed by atoms with E-state index in [4.69, 9.17) is 20.3 Å². The molecule has 2 rings (SSSR count). The van der Waals surface area contributed by atoms with Crippen LogP contribution in [0.4, 0.5) is 26.7 Å². The Morgan fingerprint density at radius 3 is 2.47 bits per heavy atom. The molecule has 0 heterocycles. The van der Waals surface area contributed by atoms with Crippen LogP contribution in [-0.4, -0.2) is 37.1 Å². The maximum Gasteiger partial charge on any atom is 0.407 e. The van der Waals surface area contributed by atoms with Gasteiger partial charge in [0.2, 0.25) is 0 Å². The molecule has 2 atom stereocenters. The number of ether oxygens (including phenoxy) is 2. The molecule has 0 saturated heterocycles. The minimum Gasteiger partial charge on any atom is -0.495 e. The van der Waals surface area contributed by atoms with Crippen LogP contribution in [-0.2, 0) is 4.74 Å². The van der Waals surface area contributed by atoms with Crippen LogP contribution in [0.15, 0.2) is 42.5 Å². The third kappa shape index (κ3) is 6.56. The fourth-order valence-corrected chi connectivity index (χ4v) is 2.66. The highest BCUT2D eigenvalue weighted by Crippen LogP contribution is 2.25. The van der Waals surface area contributed by atoms with E-state index in [2.05, 4.69) is 16.0 Å². The first-order valence-electron chi connectivity index (χ1n) is 9.55. The van der Waals surface area contributed by atoms with Gasteiger partial charge in [0.05, 0.1) is 25.4 Å². The van der Waals surface area contributed by atoms with Crippen LogP contribution in [0.1, 0.15) is 31.9 Å². The third-order valence-electron chi connectivity index (χ3n) is 4.40. The molecule has 0 aliphatic heterocycles. The fraction of sp³-hybridized carbons (Fsp3) is 0.333. The number of nitrogens with one attached hydrogen (secondary N) is 3. The quantitative estimate of drug-likeness (QED) is 0.418. The number of methoxy groups -OCH3 is 1. The maximum atomic E-state index is 12.3. The van der Waals surface area contributed by atoms with Gasteiger partial charge in [-0.05, 0) is 43.2 Å². The number of urea groups is 1. The summed E-state index contributed by atoms with van der Waals surface area (Å²) in [6.45, 7) is 3.38. The van der Waals surface area contributed by atoms with Crippen molar-refractivity contribution in [2.45, 2.75) is 32.4 Å². The number of rotatable bonds is 8. The molecule has 0 spiro atoms. The summed E-state index contributed by atoms with van der Waals surface area (Å²) < 4.78 is 10.3. The molecule has 0 aromatic heterocycles. The standard InChI is InChI=1S/C21H28N4O5/c1-4-17(12-26)30-21(28)23-13(2)14-6-5-7-15(10-14)24-20(27)25-16-8-9-18(22)19(11-16)29-3/h5-11,13,17,26H,4,12,22H2,1-3H3,(H,23,28)(H2,24,25,27)/t13-,17?/m1/s1. The Kier molecular flexibility index (Phi) is 8.30. The molecule has 162 valence electrons. The number of amides is 3. The van der Waals surface area contributed by atoms with E-state index in [1.165, 1.54) is 7.11 Å². The lowest BCUT2D eigenvalue weighted by atomic mass is 10.1. The minimum absolute atomic E-state index is 0.229. The Morgan fingerprint density at radius 1 is 1.13 bits per heavy atom. The van der Waals surface area contributed by atoms with Crippen molar-refractivity contribution in [3.05, 3.63) is 48.0 Å². The van der Waals surface area contributed by atoms with Gasteiger partial charge >= 0.3 is 12.1 Å². The van der Waals surface area contributed by atoms with Gasteiger partial charge in [-0.3, -0.25) is 0 Å². The number of aliphatic hydroxyl groups excluding tert-OH is 1. The lowest BCUT2D eigenvalue weighted by molar-refractivity contribution is 0.0539. The van der Waals surface area contributed by atoms with Gasteiger partial charge < -0.3 is 36.3 Å². The predicted molar refractivity (Wildman–Crippen MR) is 116 cm³/mol. The van der Waals surface area contributed by atoms with E-state index in [9.17, 15) is 9.59 Å². The molecular formula is C21H28N4O5. The second-order valence-electron chi connectivity index (χ2n) is 6.65. The van der Waals surface area contributed by atoms with E-state index < -0.39 is 18.2 Å². The smallest absolute Gasteiger partial charge is 0.407 e. The topological polar surface area (TPSA) is 135 Å². The molecular weight excluding hydrogens is 388 g/mol. The van der Waals surface area contributed by atoms with E-state index in [-0.39, 0.29) is 12.6 Å². The number of hydrogen-bond acceptors (Lipinski definition) is 6. The van der Waals surface area contributed by atoms with Gasteiger partial charge in [0, 0.05) is 17.4 Å². The van der Waals surface area contributed by atoms with Crippen LogP contribution in [0.5, 0.6) is 5.75 Å². The second kappa shape index (κ2) is 10.9. The molecule has 6 N–H and O–H groups in total. The number of nitrogens with two attached hydrogens (primary N) is 1. The van der Waals surface area contributed by atoms with Crippen molar-refractivity contribution >= 4 is 29.2 Å². The Morgan fingerprint density at radius 2 is 1.83 bits per heavy atom. The SMILES string of the molecule is CCC(CO)OC(=O)N[C@H](C)c1cccc(NC(=O)Nc2ccc(N)c(OC)c2)c1. The summed E-state index contributed by atoms with van der Waals surface area (Å²) in [6, 6.07) is 11.2. The number of anilines is 3. The molecule has 0 fully saturated rings. The average molecular weight is 416 g/mol. The van der Waals surface area contributed by atoms with E-state index in [1.807, 2.05) is 13.0 Å². The summed E-state index contributed by atoms with van der Waals surface area (Å²) in [6.07, 6.45) is -0.634. The minimum atomic E-state index is -0.614. The Balaban J connectivity index is 1.97. The highest BCUT2D eigenvalue weighted by molar-refractivity contribution is 6.00. The second-order valence-corrected chi connectivity index (χ2v) is 6.65. The summed E-state index contributed by atoms with van der Waals surface area (Å²) in [7, 11) is 1.50. The Bertz CT molecular complexity index is 870.